The number of carboxylic acid groups (broad SMARTS) is 1. The van der Waals surface area contributed by atoms with Crippen molar-refractivity contribution in [2.45, 2.75) is 25.4 Å². The van der Waals surface area contributed by atoms with Crippen LogP contribution in [0.25, 0.3) is 0 Å². The molecule has 0 atom stereocenters. The Labute approximate surface area is 126 Å². The van der Waals surface area contributed by atoms with Gasteiger partial charge in [-0.05, 0) is 31.5 Å². The molecule has 112 valence electrons. The van der Waals surface area contributed by atoms with Crippen LogP contribution in [-0.2, 0) is 11.3 Å². The lowest BCUT2D eigenvalue weighted by Gasteiger charge is -2.37. The van der Waals surface area contributed by atoms with E-state index in [2.05, 4.69) is 35.1 Å². The van der Waals surface area contributed by atoms with Gasteiger partial charge >= 0.3 is 5.97 Å². The van der Waals surface area contributed by atoms with Gasteiger partial charge in [0.2, 0.25) is 0 Å². The molecule has 2 rings (SSSR count). The van der Waals surface area contributed by atoms with Gasteiger partial charge in [-0.15, -0.1) is 6.42 Å². The molecule has 0 amide bonds. The van der Waals surface area contributed by atoms with E-state index in [1.165, 1.54) is 5.56 Å². The fourth-order valence-corrected chi connectivity index (χ4v) is 2.89. The molecule has 1 aromatic rings. The lowest BCUT2D eigenvalue weighted by atomic mass is 10.0. The van der Waals surface area contributed by atoms with Gasteiger partial charge in [-0.1, -0.05) is 36.3 Å². The fourth-order valence-electron chi connectivity index (χ4n) is 2.89. The van der Waals surface area contributed by atoms with Crippen molar-refractivity contribution in [2.24, 2.45) is 0 Å². The van der Waals surface area contributed by atoms with Crippen LogP contribution in [0.3, 0.4) is 0 Å². The first-order valence-corrected chi connectivity index (χ1v) is 7.34. The standard InChI is InChI=1S/C17H22N2O2/c1-2-10-19(14-17(20)21)16-8-11-18(12-9-16)13-15-6-4-3-5-7-15/h1,3-7,16H,8-14H2,(H,20,21). The van der Waals surface area contributed by atoms with Crippen molar-refractivity contribution >= 4 is 5.97 Å². The molecule has 1 aliphatic heterocycles. The van der Waals surface area contributed by atoms with E-state index in [1.54, 1.807) is 0 Å². The van der Waals surface area contributed by atoms with Crippen molar-refractivity contribution in [3.8, 4) is 12.3 Å². The highest BCUT2D eigenvalue weighted by molar-refractivity contribution is 5.69. The summed E-state index contributed by atoms with van der Waals surface area (Å²) in [6, 6.07) is 10.7. The van der Waals surface area contributed by atoms with Crippen LogP contribution in [0.4, 0.5) is 0 Å². The number of benzene rings is 1. The van der Waals surface area contributed by atoms with Gasteiger partial charge < -0.3 is 5.11 Å². The van der Waals surface area contributed by atoms with Crippen LogP contribution in [0.1, 0.15) is 18.4 Å². The van der Waals surface area contributed by atoms with E-state index in [4.69, 9.17) is 11.5 Å². The lowest BCUT2D eigenvalue weighted by Crippen LogP contribution is -2.46. The zero-order chi connectivity index (χ0) is 15.1. The summed E-state index contributed by atoms with van der Waals surface area (Å²) in [6.45, 7) is 3.38. The number of aliphatic carboxylic acids is 1. The Hall–Kier alpha value is -1.83. The normalized spacial score (nSPS) is 16.8. The predicted molar refractivity (Wildman–Crippen MR) is 82.8 cm³/mol. The molecule has 0 spiro atoms. The zero-order valence-electron chi connectivity index (χ0n) is 12.2. The summed E-state index contributed by atoms with van der Waals surface area (Å²) in [6.07, 6.45) is 7.29. The molecular formula is C17H22N2O2. The Morgan fingerprint density at radius 3 is 2.57 bits per heavy atom. The Bertz CT molecular complexity index is 487. The van der Waals surface area contributed by atoms with E-state index in [1.807, 2.05) is 11.0 Å². The van der Waals surface area contributed by atoms with E-state index in [-0.39, 0.29) is 12.6 Å². The smallest absolute Gasteiger partial charge is 0.317 e. The quantitative estimate of drug-likeness (QED) is 0.808. The maximum absolute atomic E-state index is 10.9. The number of carboxylic acids is 1. The van der Waals surface area contributed by atoms with Gasteiger partial charge in [0.1, 0.15) is 0 Å². The number of terminal acetylenes is 1. The van der Waals surface area contributed by atoms with Crippen LogP contribution in [0.2, 0.25) is 0 Å². The van der Waals surface area contributed by atoms with Gasteiger partial charge in [-0.2, -0.15) is 0 Å². The molecule has 4 heteroatoms. The summed E-state index contributed by atoms with van der Waals surface area (Å²) >= 11 is 0. The van der Waals surface area contributed by atoms with E-state index >= 15 is 0 Å². The Morgan fingerprint density at radius 1 is 1.33 bits per heavy atom. The predicted octanol–water partition coefficient (Wildman–Crippen LogP) is 1.67. The summed E-state index contributed by atoms with van der Waals surface area (Å²) in [5.74, 6) is 1.76. The molecule has 21 heavy (non-hydrogen) atoms. The maximum atomic E-state index is 10.9. The highest BCUT2D eigenvalue weighted by Gasteiger charge is 2.25. The van der Waals surface area contributed by atoms with Gasteiger partial charge in [0.05, 0.1) is 13.1 Å². The number of hydrogen-bond acceptors (Lipinski definition) is 3. The average molecular weight is 286 g/mol. The molecule has 0 saturated carbocycles. The third-order valence-electron chi connectivity index (χ3n) is 3.96. The van der Waals surface area contributed by atoms with E-state index < -0.39 is 5.97 Å². The van der Waals surface area contributed by atoms with Gasteiger partial charge in [-0.25, -0.2) is 0 Å². The van der Waals surface area contributed by atoms with Crippen LogP contribution in [-0.4, -0.2) is 53.1 Å². The van der Waals surface area contributed by atoms with E-state index in [0.717, 1.165) is 32.5 Å². The number of hydrogen-bond donors (Lipinski definition) is 1. The first-order chi connectivity index (χ1) is 10.2. The molecule has 0 aliphatic carbocycles. The molecule has 1 aromatic carbocycles. The molecule has 1 N–H and O–H groups in total. The minimum absolute atomic E-state index is 0.0353. The summed E-state index contributed by atoms with van der Waals surface area (Å²) in [5.41, 5.74) is 1.32. The number of piperidine rings is 1. The van der Waals surface area contributed by atoms with Crippen LogP contribution in [0.5, 0.6) is 0 Å². The first-order valence-electron chi connectivity index (χ1n) is 7.34. The van der Waals surface area contributed by atoms with Crippen LogP contribution >= 0.6 is 0 Å². The number of nitrogens with zero attached hydrogens (tertiary/aromatic N) is 2. The molecule has 0 aromatic heterocycles. The molecule has 4 nitrogen and oxygen atoms in total. The van der Waals surface area contributed by atoms with Crippen molar-refractivity contribution in [3.63, 3.8) is 0 Å². The van der Waals surface area contributed by atoms with Crippen molar-refractivity contribution in [3.05, 3.63) is 35.9 Å². The zero-order valence-corrected chi connectivity index (χ0v) is 12.2. The lowest BCUT2D eigenvalue weighted by molar-refractivity contribution is -0.139. The summed E-state index contributed by atoms with van der Waals surface area (Å²) in [5, 5.41) is 8.97. The minimum atomic E-state index is -0.808. The van der Waals surface area contributed by atoms with Crippen molar-refractivity contribution in [1.82, 2.24) is 9.80 Å². The topological polar surface area (TPSA) is 43.8 Å². The minimum Gasteiger partial charge on any atom is -0.480 e. The van der Waals surface area contributed by atoms with Gasteiger partial charge in [0, 0.05) is 12.6 Å². The Balaban J connectivity index is 1.84. The third kappa shape index (κ3) is 4.89. The van der Waals surface area contributed by atoms with Crippen LogP contribution < -0.4 is 0 Å². The molecule has 1 aliphatic rings. The molecule has 0 radical (unpaired) electrons. The summed E-state index contributed by atoms with van der Waals surface area (Å²) in [7, 11) is 0. The number of carbonyl (C=O) groups is 1. The number of likely N-dealkylation sites (tertiary alicyclic amines) is 1. The molecule has 1 fully saturated rings. The first kappa shape index (κ1) is 15.6. The fraction of sp³-hybridized carbons (Fsp3) is 0.471. The van der Waals surface area contributed by atoms with E-state index in [9.17, 15) is 4.79 Å². The largest absolute Gasteiger partial charge is 0.480 e. The Kier molecular flexibility index (Phi) is 5.79. The van der Waals surface area contributed by atoms with Crippen molar-refractivity contribution in [2.75, 3.05) is 26.2 Å². The maximum Gasteiger partial charge on any atom is 0.317 e. The second-order valence-electron chi connectivity index (χ2n) is 5.50. The monoisotopic (exact) mass is 286 g/mol. The highest BCUT2D eigenvalue weighted by atomic mass is 16.4. The molecule has 1 saturated heterocycles. The summed E-state index contributed by atoms with van der Waals surface area (Å²) in [4.78, 5) is 15.2. The van der Waals surface area contributed by atoms with Crippen molar-refractivity contribution < 1.29 is 9.90 Å². The summed E-state index contributed by atoms with van der Waals surface area (Å²) < 4.78 is 0. The molecule has 0 unspecified atom stereocenters. The molecular weight excluding hydrogens is 264 g/mol. The second kappa shape index (κ2) is 7.82. The molecule has 1 heterocycles. The second-order valence-corrected chi connectivity index (χ2v) is 5.50. The van der Waals surface area contributed by atoms with Crippen LogP contribution in [0, 0.1) is 12.3 Å². The SMILES string of the molecule is C#CCN(CC(=O)O)C1CCN(Cc2ccccc2)CC1. The third-order valence-corrected chi connectivity index (χ3v) is 3.96. The van der Waals surface area contributed by atoms with Gasteiger partial charge in [-0.3, -0.25) is 14.6 Å². The van der Waals surface area contributed by atoms with E-state index in [0.29, 0.717) is 6.54 Å². The highest BCUT2D eigenvalue weighted by Crippen LogP contribution is 2.18. The van der Waals surface area contributed by atoms with Crippen molar-refractivity contribution in [1.29, 1.82) is 0 Å². The van der Waals surface area contributed by atoms with Gasteiger partial charge in [0.15, 0.2) is 0 Å². The number of rotatable bonds is 6. The van der Waals surface area contributed by atoms with Crippen LogP contribution in [0.15, 0.2) is 30.3 Å². The Morgan fingerprint density at radius 2 is 2.00 bits per heavy atom. The molecule has 0 bridgehead atoms. The van der Waals surface area contributed by atoms with Gasteiger partial charge in [0.25, 0.3) is 0 Å². The average Bonchev–Trinajstić information content (AvgIpc) is 2.48.